The lowest BCUT2D eigenvalue weighted by Gasteiger charge is -1.97. The second kappa shape index (κ2) is 1.75. The third-order valence-corrected chi connectivity index (χ3v) is 0.696. The second-order valence-electron chi connectivity index (χ2n) is 1.34. The van der Waals surface area contributed by atoms with Gasteiger partial charge in [0.05, 0.1) is 6.20 Å². The third kappa shape index (κ3) is 1.22. The number of hydrogen-bond donors (Lipinski definition) is 0. The lowest BCUT2D eigenvalue weighted by Crippen LogP contribution is -2.02. The highest BCUT2D eigenvalue weighted by molar-refractivity contribution is 5.02. The van der Waals surface area contributed by atoms with Gasteiger partial charge >= 0.3 is 6.18 Å². The highest BCUT2D eigenvalue weighted by Gasteiger charge is 2.32. The second-order valence-corrected chi connectivity index (χ2v) is 1.34. The van der Waals surface area contributed by atoms with E-state index in [2.05, 4.69) is 9.68 Å². The van der Waals surface area contributed by atoms with E-state index in [0.29, 0.717) is 6.20 Å². The molecule has 0 bridgehead atoms. The zero-order valence-corrected chi connectivity index (χ0v) is 4.07. The number of hydrogen-bond acceptors (Lipinski definition) is 2. The van der Waals surface area contributed by atoms with Crippen LogP contribution in [-0.4, -0.2) is 5.16 Å². The maximum absolute atomic E-state index is 11.5. The van der Waals surface area contributed by atoms with Crippen molar-refractivity contribution < 1.29 is 17.7 Å². The fourth-order valence-corrected chi connectivity index (χ4v) is 0.312. The van der Waals surface area contributed by atoms with E-state index in [0.717, 1.165) is 0 Å². The SMILES string of the molecule is FC(F)(F)c1[c]onc1. The standard InChI is InChI=1S/C4HF3NO/c5-4(6,7)3-1-8-9-2-3/h1H. The summed E-state index contributed by atoms with van der Waals surface area (Å²) in [6, 6.07) is 0. The molecule has 1 aromatic rings. The van der Waals surface area contributed by atoms with Crippen LogP contribution in [0.15, 0.2) is 10.7 Å². The average molecular weight is 136 g/mol. The topological polar surface area (TPSA) is 26.0 Å². The van der Waals surface area contributed by atoms with E-state index in [1.165, 1.54) is 0 Å². The normalized spacial score (nSPS) is 11.9. The fraction of sp³-hybridized carbons (Fsp3) is 0.250. The number of nitrogens with zero attached hydrogens (tertiary/aromatic N) is 1. The van der Waals surface area contributed by atoms with Crippen molar-refractivity contribution in [2.45, 2.75) is 6.18 Å². The van der Waals surface area contributed by atoms with Crippen molar-refractivity contribution in [1.29, 1.82) is 0 Å². The van der Waals surface area contributed by atoms with Crippen molar-refractivity contribution in [3.05, 3.63) is 18.0 Å². The van der Waals surface area contributed by atoms with Crippen LogP contribution in [0.1, 0.15) is 5.56 Å². The van der Waals surface area contributed by atoms with E-state index >= 15 is 0 Å². The summed E-state index contributed by atoms with van der Waals surface area (Å²) in [5, 5.41) is 2.84. The maximum atomic E-state index is 11.5. The van der Waals surface area contributed by atoms with E-state index < -0.39 is 11.7 Å². The molecule has 0 saturated heterocycles. The Morgan fingerprint density at radius 3 is 2.44 bits per heavy atom. The first kappa shape index (κ1) is 6.12. The zero-order chi connectivity index (χ0) is 6.91. The van der Waals surface area contributed by atoms with Gasteiger partial charge in [0.2, 0.25) is 6.26 Å². The van der Waals surface area contributed by atoms with Crippen molar-refractivity contribution in [2.24, 2.45) is 0 Å². The summed E-state index contributed by atoms with van der Waals surface area (Å²) in [4.78, 5) is 0. The third-order valence-electron chi connectivity index (χ3n) is 0.696. The van der Waals surface area contributed by atoms with Crippen LogP contribution in [0, 0.1) is 6.26 Å². The summed E-state index contributed by atoms with van der Waals surface area (Å²) < 4.78 is 38.3. The molecule has 1 heterocycles. The van der Waals surface area contributed by atoms with Gasteiger partial charge < -0.3 is 4.52 Å². The summed E-state index contributed by atoms with van der Waals surface area (Å²) in [5.74, 6) is 0. The number of alkyl halides is 3. The van der Waals surface area contributed by atoms with E-state index in [4.69, 9.17) is 0 Å². The Balaban J connectivity index is 2.90. The van der Waals surface area contributed by atoms with Crippen molar-refractivity contribution in [1.82, 2.24) is 5.16 Å². The predicted octanol–water partition coefficient (Wildman–Crippen LogP) is 1.49. The minimum Gasteiger partial charge on any atom is -0.352 e. The van der Waals surface area contributed by atoms with Gasteiger partial charge in [-0.2, -0.15) is 13.2 Å². The van der Waals surface area contributed by atoms with Gasteiger partial charge in [-0.25, -0.2) is 0 Å². The van der Waals surface area contributed by atoms with Crippen molar-refractivity contribution in [2.75, 3.05) is 0 Å². The summed E-state index contributed by atoms with van der Waals surface area (Å²) in [6.45, 7) is 0. The van der Waals surface area contributed by atoms with Crippen molar-refractivity contribution in [3.8, 4) is 0 Å². The van der Waals surface area contributed by atoms with Crippen LogP contribution in [0.4, 0.5) is 13.2 Å². The Morgan fingerprint density at radius 2 is 2.22 bits per heavy atom. The molecule has 0 N–H and O–H groups in total. The molecule has 0 amide bonds. The first-order chi connectivity index (χ1) is 4.11. The van der Waals surface area contributed by atoms with Gasteiger partial charge in [0.25, 0.3) is 0 Å². The summed E-state index contributed by atoms with van der Waals surface area (Å²) in [6.07, 6.45) is -2.25. The van der Waals surface area contributed by atoms with Crippen molar-refractivity contribution in [3.63, 3.8) is 0 Å². The minimum atomic E-state index is -4.39. The van der Waals surface area contributed by atoms with Gasteiger partial charge in [-0.15, -0.1) is 0 Å². The first-order valence-corrected chi connectivity index (χ1v) is 2.00. The molecule has 0 fully saturated rings. The number of halogens is 3. The average Bonchev–Trinajstić information content (AvgIpc) is 2.08. The van der Waals surface area contributed by atoms with Crippen LogP contribution in [0.25, 0.3) is 0 Å². The number of aromatic nitrogens is 1. The van der Waals surface area contributed by atoms with Crippen molar-refractivity contribution >= 4 is 0 Å². The van der Waals surface area contributed by atoms with Crippen LogP contribution in [-0.2, 0) is 6.18 Å². The Labute approximate surface area is 48.3 Å². The van der Waals surface area contributed by atoms with Gasteiger partial charge in [-0.05, 0) is 0 Å². The highest BCUT2D eigenvalue weighted by Crippen LogP contribution is 2.27. The van der Waals surface area contributed by atoms with Crippen LogP contribution >= 0.6 is 0 Å². The molecule has 0 aliphatic heterocycles. The summed E-state index contributed by atoms with van der Waals surface area (Å²) >= 11 is 0. The van der Waals surface area contributed by atoms with Gasteiger partial charge in [0.1, 0.15) is 5.56 Å². The molecule has 1 rings (SSSR count). The molecule has 0 unspecified atom stereocenters. The minimum absolute atomic E-state index is 0.569. The van der Waals surface area contributed by atoms with E-state index in [1.807, 2.05) is 0 Å². The molecule has 0 spiro atoms. The number of rotatable bonds is 0. The Bertz CT molecular complexity index is 178. The molecule has 9 heavy (non-hydrogen) atoms. The molecule has 2 nitrogen and oxygen atoms in total. The zero-order valence-electron chi connectivity index (χ0n) is 4.07. The molecular formula is C4HF3NO. The molecule has 0 saturated carbocycles. The van der Waals surface area contributed by atoms with Gasteiger partial charge in [0, 0.05) is 0 Å². The largest absolute Gasteiger partial charge is 0.421 e. The van der Waals surface area contributed by atoms with Gasteiger partial charge in [-0.1, -0.05) is 5.16 Å². The Morgan fingerprint density at radius 1 is 1.56 bits per heavy atom. The van der Waals surface area contributed by atoms with E-state index in [-0.39, 0.29) is 0 Å². The van der Waals surface area contributed by atoms with Crippen LogP contribution in [0.2, 0.25) is 0 Å². The molecular weight excluding hydrogens is 135 g/mol. The highest BCUT2D eigenvalue weighted by atomic mass is 19.4. The summed E-state index contributed by atoms with van der Waals surface area (Å²) in [5.41, 5.74) is -0.984. The lowest BCUT2D eigenvalue weighted by atomic mass is 10.4. The van der Waals surface area contributed by atoms with Crippen LogP contribution in [0.3, 0.4) is 0 Å². The van der Waals surface area contributed by atoms with Crippen LogP contribution in [0.5, 0.6) is 0 Å². The molecule has 49 valence electrons. The monoisotopic (exact) mass is 136 g/mol. The molecule has 1 aromatic heterocycles. The smallest absolute Gasteiger partial charge is 0.352 e. The fourth-order valence-electron chi connectivity index (χ4n) is 0.312. The molecule has 0 atom stereocenters. The van der Waals surface area contributed by atoms with E-state index in [9.17, 15) is 13.2 Å². The molecule has 0 aliphatic rings. The maximum Gasteiger partial charge on any atom is 0.421 e. The lowest BCUT2D eigenvalue weighted by molar-refractivity contribution is -0.138. The predicted molar refractivity (Wildman–Crippen MR) is 20.3 cm³/mol. The molecule has 5 heteroatoms. The Kier molecular flexibility index (Phi) is 1.19. The first-order valence-electron chi connectivity index (χ1n) is 2.00. The van der Waals surface area contributed by atoms with Gasteiger partial charge in [-0.3, -0.25) is 0 Å². The Hall–Kier alpha value is -1.00. The van der Waals surface area contributed by atoms with Gasteiger partial charge in [0.15, 0.2) is 0 Å². The molecule has 0 aliphatic carbocycles. The molecule has 0 aromatic carbocycles. The summed E-state index contributed by atoms with van der Waals surface area (Å²) in [7, 11) is 0. The van der Waals surface area contributed by atoms with Crippen LogP contribution < -0.4 is 0 Å². The molecule has 1 radical (unpaired) electrons. The quantitative estimate of drug-likeness (QED) is 0.540. The van der Waals surface area contributed by atoms with E-state index in [1.54, 1.807) is 6.26 Å².